The first-order valence-electron chi connectivity index (χ1n) is 8.84. The van der Waals surface area contributed by atoms with Crippen LogP contribution in [-0.4, -0.2) is 39.5 Å². The van der Waals surface area contributed by atoms with Crippen molar-refractivity contribution in [1.82, 2.24) is 14.6 Å². The fourth-order valence-electron chi connectivity index (χ4n) is 2.81. The van der Waals surface area contributed by atoms with E-state index in [0.717, 1.165) is 28.7 Å². The summed E-state index contributed by atoms with van der Waals surface area (Å²) in [7, 11) is 1.62. The van der Waals surface area contributed by atoms with Crippen molar-refractivity contribution in [3.63, 3.8) is 0 Å². The van der Waals surface area contributed by atoms with Crippen LogP contribution in [-0.2, 0) is 6.54 Å². The van der Waals surface area contributed by atoms with E-state index >= 15 is 0 Å². The standard InChI is InChI=1S/C18H24BrN6O2/c1-3-5-14(12-26)22-16-8-17(25-18(23-16)15(19)10-21-25)20-9-13-6-4-7-24(11-13)27-2/h4,6-8,10-11,14,20,26H,3,5,9,12H2,1-2H3,(H,22,23)/q+1. The number of aromatic nitrogens is 4. The molecule has 3 heterocycles. The quantitative estimate of drug-likeness (QED) is 0.445. The largest absolute Gasteiger partial charge is 0.394 e. The van der Waals surface area contributed by atoms with E-state index in [0.29, 0.717) is 18.0 Å². The monoisotopic (exact) mass is 435 g/mol. The van der Waals surface area contributed by atoms with E-state index in [1.165, 1.54) is 0 Å². The lowest BCUT2D eigenvalue weighted by Gasteiger charge is -2.17. The molecule has 0 spiro atoms. The summed E-state index contributed by atoms with van der Waals surface area (Å²) in [5.41, 5.74) is 1.76. The van der Waals surface area contributed by atoms with Gasteiger partial charge in [0, 0.05) is 29.0 Å². The Bertz CT molecular complexity index is 901. The van der Waals surface area contributed by atoms with Gasteiger partial charge in [-0.15, -0.1) is 0 Å². The highest BCUT2D eigenvalue weighted by Gasteiger charge is 2.13. The molecule has 3 N–H and O–H groups in total. The second kappa shape index (κ2) is 9.01. The number of hydrogen-bond acceptors (Lipinski definition) is 6. The third-order valence-electron chi connectivity index (χ3n) is 4.16. The van der Waals surface area contributed by atoms with Crippen LogP contribution in [0.2, 0.25) is 0 Å². The number of aliphatic hydroxyl groups excluding tert-OH is 1. The van der Waals surface area contributed by atoms with Crippen LogP contribution < -0.4 is 20.2 Å². The Kier molecular flexibility index (Phi) is 6.46. The Morgan fingerprint density at radius 3 is 3.04 bits per heavy atom. The highest BCUT2D eigenvalue weighted by molar-refractivity contribution is 9.10. The lowest BCUT2D eigenvalue weighted by molar-refractivity contribution is -0.885. The van der Waals surface area contributed by atoms with E-state index in [2.05, 4.69) is 43.6 Å². The minimum absolute atomic E-state index is 0.0331. The van der Waals surface area contributed by atoms with Crippen LogP contribution >= 0.6 is 15.9 Å². The fourth-order valence-corrected chi connectivity index (χ4v) is 3.16. The first-order chi connectivity index (χ1) is 13.1. The lowest BCUT2D eigenvalue weighted by Crippen LogP contribution is -2.40. The molecule has 0 aliphatic heterocycles. The molecule has 0 saturated carbocycles. The predicted molar refractivity (Wildman–Crippen MR) is 107 cm³/mol. The number of halogens is 1. The van der Waals surface area contributed by atoms with Gasteiger partial charge >= 0.3 is 0 Å². The zero-order chi connectivity index (χ0) is 19.2. The van der Waals surface area contributed by atoms with Crippen LogP contribution in [0.5, 0.6) is 0 Å². The zero-order valence-corrected chi connectivity index (χ0v) is 17.0. The molecule has 1 atom stereocenters. The molecular weight excluding hydrogens is 412 g/mol. The average Bonchev–Trinajstić information content (AvgIpc) is 3.07. The molecule has 0 aliphatic rings. The van der Waals surface area contributed by atoms with Gasteiger partial charge in [0.05, 0.1) is 23.3 Å². The number of aliphatic hydroxyl groups is 1. The Morgan fingerprint density at radius 1 is 1.44 bits per heavy atom. The van der Waals surface area contributed by atoms with E-state index in [1.807, 2.05) is 30.6 Å². The molecule has 0 saturated heterocycles. The van der Waals surface area contributed by atoms with E-state index in [-0.39, 0.29) is 12.6 Å². The van der Waals surface area contributed by atoms with E-state index in [9.17, 15) is 5.11 Å². The highest BCUT2D eigenvalue weighted by Crippen LogP contribution is 2.23. The summed E-state index contributed by atoms with van der Waals surface area (Å²) in [6.45, 7) is 2.75. The van der Waals surface area contributed by atoms with E-state index < -0.39 is 0 Å². The molecule has 9 heteroatoms. The SMILES string of the molecule is CCCC(CO)Nc1cc(NCc2ccc[n+](OC)c2)n2ncc(Br)c2n1. The summed E-state index contributed by atoms with van der Waals surface area (Å²) in [5.74, 6) is 1.49. The van der Waals surface area contributed by atoms with Crippen LogP contribution in [0.1, 0.15) is 25.3 Å². The maximum atomic E-state index is 9.57. The predicted octanol–water partition coefficient (Wildman–Crippen LogP) is 2.02. The number of rotatable bonds is 9. The summed E-state index contributed by atoms with van der Waals surface area (Å²) in [6, 6.07) is 5.81. The maximum Gasteiger partial charge on any atom is 0.227 e. The third kappa shape index (κ3) is 4.67. The van der Waals surface area contributed by atoms with E-state index in [4.69, 9.17) is 4.84 Å². The van der Waals surface area contributed by atoms with Gasteiger partial charge in [-0.2, -0.15) is 9.61 Å². The van der Waals surface area contributed by atoms with Crippen molar-refractivity contribution in [2.75, 3.05) is 24.4 Å². The molecule has 0 radical (unpaired) electrons. The molecule has 27 heavy (non-hydrogen) atoms. The van der Waals surface area contributed by atoms with Crippen molar-refractivity contribution < 1.29 is 14.7 Å². The van der Waals surface area contributed by atoms with Crippen LogP contribution in [0.3, 0.4) is 0 Å². The summed E-state index contributed by atoms with van der Waals surface area (Å²) >= 11 is 3.49. The minimum Gasteiger partial charge on any atom is -0.394 e. The third-order valence-corrected chi connectivity index (χ3v) is 4.72. The minimum atomic E-state index is -0.0331. The highest BCUT2D eigenvalue weighted by atomic mass is 79.9. The Balaban J connectivity index is 1.86. The van der Waals surface area contributed by atoms with Crippen molar-refractivity contribution in [2.45, 2.75) is 32.4 Å². The normalized spacial score (nSPS) is 12.1. The number of nitrogens with zero attached hydrogens (tertiary/aromatic N) is 4. The second-order valence-electron chi connectivity index (χ2n) is 6.18. The van der Waals surface area contributed by atoms with Gasteiger partial charge in [0.2, 0.25) is 12.4 Å². The molecule has 0 aliphatic carbocycles. The molecule has 3 aromatic rings. The number of nitrogens with one attached hydrogen (secondary N) is 2. The molecule has 0 aromatic carbocycles. The smallest absolute Gasteiger partial charge is 0.227 e. The molecule has 0 bridgehead atoms. The number of hydrogen-bond donors (Lipinski definition) is 3. The number of anilines is 2. The Morgan fingerprint density at radius 2 is 2.30 bits per heavy atom. The number of fused-ring (bicyclic) bond motifs is 1. The summed E-state index contributed by atoms with van der Waals surface area (Å²) in [5, 5.41) is 20.7. The Hall–Kier alpha value is -2.39. The summed E-state index contributed by atoms with van der Waals surface area (Å²) in [4.78, 5) is 9.82. The molecule has 8 nitrogen and oxygen atoms in total. The lowest BCUT2D eigenvalue weighted by atomic mass is 10.2. The van der Waals surface area contributed by atoms with Gasteiger partial charge in [-0.1, -0.05) is 13.3 Å². The van der Waals surface area contributed by atoms with Crippen molar-refractivity contribution in [3.8, 4) is 0 Å². The molecule has 3 rings (SSSR count). The van der Waals surface area contributed by atoms with Crippen molar-refractivity contribution >= 4 is 33.2 Å². The molecule has 0 fully saturated rings. The van der Waals surface area contributed by atoms with Crippen LogP contribution in [0.15, 0.2) is 41.3 Å². The number of pyridine rings is 1. The molecular formula is C18H24BrN6O2+. The van der Waals surface area contributed by atoms with Gasteiger partial charge in [0.25, 0.3) is 0 Å². The van der Waals surface area contributed by atoms with Gasteiger partial charge in [0.15, 0.2) is 5.65 Å². The molecule has 0 amide bonds. The fraction of sp³-hybridized carbons (Fsp3) is 0.389. The zero-order valence-electron chi connectivity index (χ0n) is 15.4. The van der Waals surface area contributed by atoms with Gasteiger partial charge in [-0.3, -0.25) is 4.84 Å². The van der Waals surface area contributed by atoms with Crippen molar-refractivity contribution in [3.05, 3.63) is 46.8 Å². The summed E-state index contributed by atoms with van der Waals surface area (Å²) < 4.78 is 4.20. The molecule has 3 aromatic heterocycles. The van der Waals surface area contributed by atoms with Gasteiger partial charge in [-0.25, -0.2) is 4.98 Å². The van der Waals surface area contributed by atoms with Crippen LogP contribution in [0, 0.1) is 0 Å². The van der Waals surface area contributed by atoms with Crippen LogP contribution in [0.4, 0.5) is 11.6 Å². The van der Waals surface area contributed by atoms with Crippen molar-refractivity contribution in [2.24, 2.45) is 0 Å². The molecule has 144 valence electrons. The van der Waals surface area contributed by atoms with Crippen LogP contribution in [0.25, 0.3) is 5.65 Å². The first-order valence-corrected chi connectivity index (χ1v) is 9.64. The average molecular weight is 436 g/mol. The van der Waals surface area contributed by atoms with Crippen molar-refractivity contribution in [1.29, 1.82) is 0 Å². The Labute approximate surface area is 166 Å². The second-order valence-corrected chi connectivity index (χ2v) is 7.03. The molecule has 1 unspecified atom stereocenters. The summed E-state index contributed by atoms with van der Waals surface area (Å²) in [6.07, 6.45) is 7.31. The van der Waals surface area contributed by atoms with Gasteiger partial charge < -0.3 is 15.7 Å². The van der Waals surface area contributed by atoms with Gasteiger partial charge in [-0.05, 0) is 28.4 Å². The first kappa shape index (κ1) is 19.4. The maximum absolute atomic E-state index is 9.57. The van der Waals surface area contributed by atoms with E-state index in [1.54, 1.807) is 22.6 Å². The topological polar surface area (TPSA) is 87.6 Å². The van der Waals surface area contributed by atoms with Gasteiger partial charge in [0.1, 0.15) is 18.7 Å².